The molecule has 2 aromatic rings. The van der Waals surface area contributed by atoms with Crippen LogP contribution in [0.15, 0.2) is 53.4 Å². The van der Waals surface area contributed by atoms with E-state index in [0.29, 0.717) is 12.1 Å². The molecule has 0 aliphatic carbocycles. The Hall–Kier alpha value is -2.78. The summed E-state index contributed by atoms with van der Waals surface area (Å²) in [5.41, 5.74) is 0.535. The average Bonchev–Trinajstić information content (AvgIpc) is 2.67. The van der Waals surface area contributed by atoms with Gasteiger partial charge in [0.15, 0.2) is 0 Å². The molecule has 2 aromatic carbocycles. The van der Waals surface area contributed by atoms with Gasteiger partial charge in [-0.2, -0.15) is 0 Å². The molecule has 0 unspecified atom stereocenters. The van der Waals surface area contributed by atoms with E-state index in [1.807, 2.05) is 6.92 Å². The second kappa shape index (κ2) is 9.62. The molecule has 2 rings (SSSR count). The summed E-state index contributed by atoms with van der Waals surface area (Å²) in [5.74, 6) is -1.41. The van der Waals surface area contributed by atoms with E-state index < -0.39 is 27.7 Å². The summed E-state index contributed by atoms with van der Waals surface area (Å²) in [5, 5.41) is 2.51. The van der Waals surface area contributed by atoms with Crippen LogP contribution < -0.4 is 10.0 Å². The molecular formula is C20H24FN3O4S. The first-order valence-corrected chi connectivity index (χ1v) is 10.5. The van der Waals surface area contributed by atoms with Crippen LogP contribution in [-0.4, -0.2) is 44.8 Å². The summed E-state index contributed by atoms with van der Waals surface area (Å²) < 4.78 is 40.3. The van der Waals surface area contributed by atoms with Crippen molar-refractivity contribution >= 4 is 27.5 Å². The van der Waals surface area contributed by atoms with E-state index >= 15 is 0 Å². The number of halogens is 1. The van der Waals surface area contributed by atoms with Crippen molar-refractivity contribution in [3.8, 4) is 0 Å². The van der Waals surface area contributed by atoms with Crippen molar-refractivity contribution in [2.75, 3.05) is 18.9 Å². The molecule has 0 aliphatic heterocycles. The Morgan fingerprint density at radius 3 is 2.38 bits per heavy atom. The van der Waals surface area contributed by atoms with Crippen molar-refractivity contribution in [3.05, 3.63) is 59.9 Å². The third kappa shape index (κ3) is 6.37. The van der Waals surface area contributed by atoms with Crippen LogP contribution >= 0.6 is 0 Å². The number of sulfonamides is 1. The fourth-order valence-corrected chi connectivity index (χ4v) is 3.79. The van der Waals surface area contributed by atoms with Crippen LogP contribution in [0, 0.1) is 5.82 Å². The SMILES string of the molecule is CC[C@H](C)NS(=O)(=O)c1ccc(C(=O)N(C)CC(=O)Nc2cccc(F)c2)cc1. The van der Waals surface area contributed by atoms with Gasteiger partial charge in [-0.15, -0.1) is 0 Å². The molecule has 0 aromatic heterocycles. The fourth-order valence-electron chi connectivity index (χ4n) is 2.47. The molecule has 29 heavy (non-hydrogen) atoms. The second-order valence-corrected chi connectivity index (χ2v) is 8.39. The Morgan fingerprint density at radius 2 is 1.79 bits per heavy atom. The van der Waals surface area contributed by atoms with E-state index in [1.54, 1.807) is 6.92 Å². The van der Waals surface area contributed by atoms with Gasteiger partial charge in [-0.1, -0.05) is 13.0 Å². The molecule has 0 bridgehead atoms. The predicted molar refractivity (Wildman–Crippen MR) is 109 cm³/mol. The first-order valence-electron chi connectivity index (χ1n) is 9.05. The molecule has 156 valence electrons. The standard InChI is InChI=1S/C20H24FN3O4S/c1-4-14(2)23-29(27,28)18-10-8-15(9-11-18)20(26)24(3)13-19(25)22-17-7-5-6-16(21)12-17/h5-12,14,23H,4,13H2,1-3H3,(H,22,25)/t14-/m0/s1. The normalized spacial score (nSPS) is 12.3. The number of carbonyl (C=O) groups is 2. The summed E-state index contributed by atoms with van der Waals surface area (Å²) in [6, 6.07) is 10.7. The van der Waals surface area contributed by atoms with Crippen molar-refractivity contribution in [1.29, 1.82) is 0 Å². The van der Waals surface area contributed by atoms with Crippen LogP contribution in [0.1, 0.15) is 30.6 Å². The third-order valence-electron chi connectivity index (χ3n) is 4.22. The van der Waals surface area contributed by atoms with Gasteiger partial charge in [0.05, 0.1) is 11.4 Å². The van der Waals surface area contributed by atoms with Crippen LogP contribution in [0.25, 0.3) is 0 Å². The highest BCUT2D eigenvalue weighted by atomic mass is 32.2. The smallest absolute Gasteiger partial charge is 0.254 e. The lowest BCUT2D eigenvalue weighted by Crippen LogP contribution is -2.35. The maximum atomic E-state index is 13.2. The largest absolute Gasteiger partial charge is 0.332 e. The number of nitrogens with zero attached hydrogens (tertiary/aromatic N) is 1. The fraction of sp³-hybridized carbons (Fsp3) is 0.300. The number of hydrogen-bond donors (Lipinski definition) is 2. The number of nitrogens with one attached hydrogen (secondary N) is 2. The monoisotopic (exact) mass is 421 g/mol. The van der Waals surface area contributed by atoms with Gasteiger partial charge < -0.3 is 10.2 Å². The minimum Gasteiger partial charge on any atom is -0.332 e. The van der Waals surface area contributed by atoms with Gasteiger partial charge in [0.1, 0.15) is 5.82 Å². The number of benzene rings is 2. The molecule has 0 heterocycles. The number of likely N-dealkylation sites (N-methyl/N-ethyl adjacent to an activating group) is 1. The third-order valence-corrected chi connectivity index (χ3v) is 5.82. The van der Waals surface area contributed by atoms with Crippen molar-refractivity contribution in [3.63, 3.8) is 0 Å². The van der Waals surface area contributed by atoms with Gasteiger partial charge in [0.25, 0.3) is 5.91 Å². The molecule has 0 radical (unpaired) electrons. The topological polar surface area (TPSA) is 95.6 Å². The number of rotatable bonds is 8. The van der Waals surface area contributed by atoms with Crippen molar-refractivity contribution < 1.29 is 22.4 Å². The van der Waals surface area contributed by atoms with E-state index in [-0.39, 0.29) is 23.0 Å². The van der Waals surface area contributed by atoms with Crippen LogP contribution in [0.5, 0.6) is 0 Å². The molecule has 0 aliphatic rings. The summed E-state index contributed by atoms with van der Waals surface area (Å²) in [4.78, 5) is 25.8. The second-order valence-electron chi connectivity index (χ2n) is 6.67. The van der Waals surface area contributed by atoms with Gasteiger partial charge >= 0.3 is 0 Å². The van der Waals surface area contributed by atoms with Gasteiger partial charge in [-0.05, 0) is 55.8 Å². The maximum Gasteiger partial charge on any atom is 0.254 e. The van der Waals surface area contributed by atoms with Crippen LogP contribution in [0.3, 0.4) is 0 Å². The van der Waals surface area contributed by atoms with E-state index in [4.69, 9.17) is 0 Å². The van der Waals surface area contributed by atoms with Gasteiger partial charge in [-0.25, -0.2) is 17.5 Å². The molecule has 0 spiro atoms. The van der Waals surface area contributed by atoms with Gasteiger partial charge in [0, 0.05) is 24.3 Å². The summed E-state index contributed by atoms with van der Waals surface area (Å²) >= 11 is 0. The Labute approximate surface area is 170 Å². The van der Waals surface area contributed by atoms with Gasteiger partial charge in [-0.3, -0.25) is 9.59 Å². The predicted octanol–water partition coefficient (Wildman–Crippen LogP) is 2.61. The Balaban J connectivity index is 2.01. The maximum absolute atomic E-state index is 13.2. The summed E-state index contributed by atoms with van der Waals surface area (Å²) in [6.07, 6.45) is 0.651. The quantitative estimate of drug-likeness (QED) is 0.685. The molecule has 7 nitrogen and oxygen atoms in total. The lowest BCUT2D eigenvalue weighted by Gasteiger charge is -2.17. The lowest BCUT2D eigenvalue weighted by atomic mass is 10.2. The number of hydrogen-bond acceptors (Lipinski definition) is 4. The van der Waals surface area contributed by atoms with E-state index in [2.05, 4.69) is 10.0 Å². The van der Waals surface area contributed by atoms with Crippen molar-refractivity contribution in [1.82, 2.24) is 9.62 Å². The van der Waals surface area contributed by atoms with Crippen molar-refractivity contribution in [2.45, 2.75) is 31.2 Å². The minimum atomic E-state index is -3.66. The first kappa shape index (κ1) is 22.5. The van der Waals surface area contributed by atoms with E-state index in [0.717, 1.165) is 0 Å². The van der Waals surface area contributed by atoms with Crippen molar-refractivity contribution in [2.24, 2.45) is 0 Å². The van der Waals surface area contributed by atoms with E-state index in [9.17, 15) is 22.4 Å². The van der Waals surface area contributed by atoms with Crippen LogP contribution in [-0.2, 0) is 14.8 Å². The molecule has 0 fully saturated rings. The van der Waals surface area contributed by atoms with Crippen LogP contribution in [0.4, 0.5) is 10.1 Å². The average molecular weight is 421 g/mol. The molecular weight excluding hydrogens is 397 g/mol. The minimum absolute atomic E-state index is 0.0563. The zero-order chi connectivity index (χ0) is 21.6. The highest BCUT2D eigenvalue weighted by molar-refractivity contribution is 7.89. The molecule has 2 amide bonds. The highest BCUT2D eigenvalue weighted by Crippen LogP contribution is 2.13. The molecule has 2 N–H and O–H groups in total. The molecule has 0 saturated carbocycles. The summed E-state index contributed by atoms with van der Waals surface area (Å²) in [7, 11) is -2.21. The number of carbonyl (C=O) groups excluding carboxylic acids is 2. The van der Waals surface area contributed by atoms with Gasteiger partial charge in [0.2, 0.25) is 15.9 Å². The molecule has 9 heteroatoms. The number of amides is 2. The number of anilines is 1. The zero-order valence-corrected chi connectivity index (χ0v) is 17.3. The zero-order valence-electron chi connectivity index (χ0n) is 16.5. The summed E-state index contributed by atoms with van der Waals surface area (Å²) in [6.45, 7) is 3.39. The van der Waals surface area contributed by atoms with E-state index in [1.165, 1.54) is 60.5 Å². The Morgan fingerprint density at radius 1 is 1.14 bits per heavy atom. The Kier molecular flexibility index (Phi) is 7.46. The molecule has 1 atom stereocenters. The Bertz CT molecular complexity index is 977. The van der Waals surface area contributed by atoms with Crippen LogP contribution in [0.2, 0.25) is 0 Å². The lowest BCUT2D eigenvalue weighted by molar-refractivity contribution is -0.116. The first-order chi connectivity index (χ1) is 13.6. The highest BCUT2D eigenvalue weighted by Gasteiger charge is 2.19. The molecule has 0 saturated heterocycles.